The third-order valence-electron chi connectivity index (χ3n) is 7.44. The summed E-state index contributed by atoms with van der Waals surface area (Å²) in [6, 6.07) is 7.65. The second-order valence-corrected chi connectivity index (χ2v) is 10.7. The van der Waals surface area contributed by atoms with Crippen molar-refractivity contribution in [1.82, 2.24) is 19.5 Å². The summed E-state index contributed by atoms with van der Waals surface area (Å²) in [4.78, 5) is 27.7. The summed E-state index contributed by atoms with van der Waals surface area (Å²) >= 11 is 0. The van der Waals surface area contributed by atoms with Crippen LogP contribution in [-0.4, -0.2) is 56.1 Å². The molecule has 3 aromatic rings. The third-order valence-corrected chi connectivity index (χ3v) is 7.44. The number of imidazole rings is 1. The second kappa shape index (κ2) is 8.54. The van der Waals surface area contributed by atoms with Gasteiger partial charge in [0.15, 0.2) is 5.82 Å². The SMILES string of the molecule is CO[C@H]1CC[C@]2(CN(c3cnc(C(C)(C)O)cn3)C(=O)O2)C[C@]1(C)Cn1cnc2ccc(C#N)cc21. The lowest BCUT2D eigenvalue weighted by molar-refractivity contribution is -0.109. The van der Waals surface area contributed by atoms with E-state index >= 15 is 0 Å². The van der Waals surface area contributed by atoms with E-state index in [1.807, 2.05) is 12.1 Å². The van der Waals surface area contributed by atoms with E-state index in [1.54, 1.807) is 33.4 Å². The number of aromatic nitrogens is 4. The molecule has 0 unspecified atom stereocenters. The van der Waals surface area contributed by atoms with Crippen molar-refractivity contribution in [3.8, 4) is 6.07 Å². The van der Waals surface area contributed by atoms with Crippen LogP contribution in [0.2, 0.25) is 0 Å². The fourth-order valence-electron chi connectivity index (χ4n) is 5.68. The van der Waals surface area contributed by atoms with Gasteiger partial charge in [-0.05, 0) is 51.3 Å². The molecule has 1 aromatic carbocycles. The first-order valence-corrected chi connectivity index (χ1v) is 12.0. The van der Waals surface area contributed by atoms with Crippen molar-refractivity contribution in [2.24, 2.45) is 5.41 Å². The van der Waals surface area contributed by atoms with Crippen LogP contribution < -0.4 is 4.90 Å². The van der Waals surface area contributed by atoms with Crippen molar-refractivity contribution in [1.29, 1.82) is 5.26 Å². The molecule has 3 heterocycles. The number of fused-ring (bicyclic) bond motifs is 1. The van der Waals surface area contributed by atoms with Crippen molar-refractivity contribution >= 4 is 22.9 Å². The Bertz CT molecular complexity index is 1340. The fourth-order valence-corrected chi connectivity index (χ4v) is 5.68. The minimum absolute atomic E-state index is 0.0432. The van der Waals surface area contributed by atoms with E-state index in [2.05, 4.69) is 32.5 Å². The monoisotopic (exact) mass is 490 g/mol. The Morgan fingerprint density at radius 2 is 2.11 bits per heavy atom. The van der Waals surface area contributed by atoms with Gasteiger partial charge in [-0.3, -0.25) is 9.88 Å². The van der Waals surface area contributed by atoms with E-state index in [-0.39, 0.29) is 11.5 Å². The predicted octanol–water partition coefficient (Wildman–Crippen LogP) is 3.53. The van der Waals surface area contributed by atoms with E-state index < -0.39 is 17.3 Å². The Morgan fingerprint density at radius 3 is 2.78 bits per heavy atom. The van der Waals surface area contributed by atoms with E-state index in [0.717, 1.165) is 17.5 Å². The Labute approximate surface area is 209 Å². The number of nitrogens with zero attached hydrogens (tertiary/aromatic N) is 6. The number of rotatable bonds is 5. The van der Waals surface area contributed by atoms with Crippen LogP contribution in [0.1, 0.15) is 51.3 Å². The van der Waals surface area contributed by atoms with Crippen LogP contribution in [0.5, 0.6) is 0 Å². The number of amides is 1. The molecule has 3 atom stereocenters. The Kier molecular flexibility index (Phi) is 5.73. The Hall–Kier alpha value is -3.55. The number of benzene rings is 1. The molecular weight excluding hydrogens is 460 g/mol. The summed E-state index contributed by atoms with van der Waals surface area (Å²) < 4.78 is 14.0. The van der Waals surface area contributed by atoms with Crippen molar-refractivity contribution in [3.05, 3.63) is 48.2 Å². The maximum absolute atomic E-state index is 13.0. The molecule has 10 heteroatoms. The first-order valence-electron chi connectivity index (χ1n) is 12.0. The molecule has 1 spiro atoms. The highest BCUT2D eigenvalue weighted by Gasteiger charge is 2.55. The highest BCUT2D eigenvalue weighted by Crippen LogP contribution is 2.49. The van der Waals surface area contributed by atoms with Crippen LogP contribution in [0.25, 0.3) is 11.0 Å². The summed E-state index contributed by atoms with van der Waals surface area (Å²) in [6.07, 6.45) is 6.27. The van der Waals surface area contributed by atoms with Crippen molar-refractivity contribution in [2.75, 3.05) is 18.6 Å². The number of nitriles is 1. The fraction of sp³-hybridized carbons (Fsp3) is 0.500. The number of ether oxygens (including phenoxy) is 2. The zero-order valence-electron chi connectivity index (χ0n) is 20.9. The number of carbonyl (C=O) groups excluding carboxylic acids is 1. The summed E-state index contributed by atoms with van der Waals surface area (Å²) in [5, 5.41) is 19.5. The van der Waals surface area contributed by atoms with Gasteiger partial charge in [0, 0.05) is 19.1 Å². The van der Waals surface area contributed by atoms with Gasteiger partial charge in [0.05, 0.1) is 59.7 Å². The minimum Gasteiger partial charge on any atom is -0.441 e. The normalized spacial score (nSPS) is 26.4. The van der Waals surface area contributed by atoms with E-state index in [1.165, 1.54) is 17.3 Å². The van der Waals surface area contributed by atoms with Gasteiger partial charge in [0.2, 0.25) is 0 Å². The van der Waals surface area contributed by atoms with Crippen LogP contribution in [0.3, 0.4) is 0 Å². The largest absolute Gasteiger partial charge is 0.441 e. The molecule has 0 radical (unpaired) electrons. The predicted molar refractivity (Wildman–Crippen MR) is 131 cm³/mol. The molecular formula is C26H30N6O4. The maximum Gasteiger partial charge on any atom is 0.416 e. The molecule has 2 aliphatic rings. The maximum atomic E-state index is 13.0. The molecule has 10 nitrogen and oxygen atoms in total. The standard InChI is InChI=1S/C26H30N6O4/c1-24(2,34)20-11-29-22(12-28-20)32-15-26(36-23(32)33)8-7-21(35-4)25(3,13-26)14-31-16-30-18-6-5-17(10-27)9-19(18)31/h5-6,9,11-12,16,21,34H,7-8,13-15H2,1-4H3/t21-,25+,26+/m0/s1. The number of aliphatic hydroxyl groups is 1. The number of hydrogen-bond acceptors (Lipinski definition) is 8. The molecule has 188 valence electrons. The van der Waals surface area contributed by atoms with E-state index in [0.29, 0.717) is 43.0 Å². The van der Waals surface area contributed by atoms with Crippen LogP contribution in [-0.2, 0) is 21.6 Å². The topological polar surface area (TPSA) is 126 Å². The quantitative estimate of drug-likeness (QED) is 0.576. The molecule has 1 aliphatic heterocycles. The van der Waals surface area contributed by atoms with Gasteiger partial charge in [0.1, 0.15) is 11.2 Å². The first kappa shape index (κ1) is 24.2. The summed E-state index contributed by atoms with van der Waals surface area (Å²) in [5.74, 6) is 0.394. The third kappa shape index (κ3) is 4.18. The van der Waals surface area contributed by atoms with Gasteiger partial charge in [-0.2, -0.15) is 5.26 Å². The Morgan fingerprint density at radius 1 is 1.31 bits per heavy atom. The molecule has 1 N–H and O–H groups in total. The summed E-state index contributed by atoms with van der Waals surface area (Å²) in [6.45, 7) is 6.37. The van der Waals surface area contributed by atoms with Gasteiger partial charge in [0.25, 0.3) is 0 Å². The van der Waals surface area contributed by atoms with Gasteiger partial charge in [-0.25, -0.2) is 14.8 Å². The smallest absolute Gasteiger partial charge is 0.416 e. The van der Waals surface area contributed by atoms with Gasteiger partial charge >= 0.3 is 6.09 Å². The first-order chi connectivity index (χ1) is 17.1. The molecule has 2 aromatic heterocycles. The second-order valence-electron chi connectivity index (χ2n) is 10.7. The van der Waals surface area contributed by atoms with Crippen LogP contribution in [0.15, 0.2) is 36.9 Å². The molecule has 1 aliphatic carbocycles. The number of hydrogen-bond donors (Lipinski definition) is 1. The number of carbonyl (C=O) groups is 1. The molecule has 2 fully saturated rings. The number of methoxy groups -OCH3 is 1. The van der Waals surface area contributed by atoms with Crippen LogP contribution in [0, 0.1) is 16.7 Å². The van der Waals surface area contributed by atoms with Gasteiger partial charge < -0.3 is 19.1 Å². The van der Waals surface area contributed by atoms with Gasteiger partial charge in [-0.15, -0.1) is 0 Å². The van der Waals surface area contributed by atoms with Crippen LogP contribution >= 0.6 is 0 Å². The molecule has 36 heavy (non-hydrogen) atoms. The summed E-state index contributed by atoms with van der Waals surface area (Å²) in [7, 11) is 1.72. The lowest BCUT2D eigenvalue weighted by atomic mass is 9.66. The number of anilines is 1. The molecule has 1 saturated carbocycles. The van der Waals surface area contributed by atoms with Crippen molar-refractivity contribution < 1.29 is 19.4 Å². The van der Waals surface area contributed by atoms with E-state index in [4.69, 9.17) is 9.47 Å². The van der Waals surface area contributed by atoms with Crippen LogP contribution in [0.4, 0.5) is 10.6 Å². The lowest BCUT2D eigenvalue weighted by Crippen LogP contribution is -2.52. The van der Waals surface area contributed by atoms with Gasteiger partial charge in [-0.1, -0.05) is 6.92 Å². The highest BCUT2D eigenvalue weighted by molar-refractivity contribution is 5.89. The minimum atomic E-state index is -1.12. The molecule has 1 amide bonds. The molecule has 1 saturated heterocycles. The van der Waals surface area contributed by atoms with E-state index in [9.17, 15) is 15.2 Å². The summed E-state index contributed by atoms with van der Waals surface area (Å²) in [5.41, 5.74) is 0.538. The molecule has 0 bridgehead atoms. The lowest BCUT2D eigenvalue weighted by Gasteiger charge is -2.47. The van der Waals surface area contributed by atoms with Crippen molar-refractivity contribution in [2.45, 2.75) is 63.9 Å². The zero-order valence-corrected chi connectivity index (χ0v) is 20.9. The Balaban J connectivity index is 1.41. The van der Waals surface area contributed by atoms with Crippen molar-refractivity contribution in [3.63, 3.8) is 0 Å². The average molecular weight is 491 g/mol. The zero-order chi connectivity index (χ0) is 25.7. The average Bonchev–Trinajstić information content (AvgIpc) is 3.38. The highest BCUT2D eigenvalue weighted by atomic mass is 16.6. The molecule has 5 rings (SSSR count).